The number of ether oxygens (including phenoxy) is 1. The molecular weight excluding hydrogens is 437 g/mol. The van der Waals surface area contributed by atoms with Gasteiger partial charge in [-0.15, -0.1) is 0 Å². The van der Waals surface area contributed by atoms with E-state index in [-0.39, 0.29) is 15.7 Å². The molecule has 3 aromatic carbocycles. The summed E-state index contributed by atoms with van der Waals surface area (Å²) in [5.74, 6) is -1.21. The maximum Gasteiger partial charge on any atom is 0.329 e. The molecule has 6 nitrogen and oxygen atoms in total. The van der Waals surface area contributed by atoms with Crippen molar-refractivity contribution in [3.8, 4) is 5.75 Å². The van der Waals surface area contributed by atoms with Gasteiger partial charge in [-0.1, -0.05) is 65.7 Å². The Hall–Kier alpha value is -3.35. The molecule has 0 aliphatic rings. The van der Waals surface area contributed by atoms with Crippen molar-refractivity contribution in [1.29, 1.82) is 0 Å². The third kappa shape index (κ3) is 6.31. The molecule has 3 aromatic rings. The molecule has 2 N–H and O–H groups in total. The highest BCUT2D eigenvalue weighted by molar-refractivity contribution is 6.45. The topological polar surface area (TPSA) is 79.8 Å². The number of amides is 2. The van der Waals surface area contributed by atoms with E-state index in [4.69, 9.17) is 27.9 Å². The second-order valence-corrected chi connectivity index (χ2v) is 7.33. The summed E-state index contributed by atoms with van der Waals surface area (Å²) in [6.07, 6.45) is 1.41. The second kappa shape index (κ2) is 10.6. The van der Waals surface area contributed by atoms with Crippen molar-refractivity contribution >= 4 is 46.9 Å². The lowest BCUT2D eigenvalue weighted by molar-refractivity contribution is -0.136. The van der Waals surface area contributed by atoms with E-state index in [1.54, 1.807) is 24.3 Å². The summed E-state index contributed by atoms with van der Waals surface area (Å²) >= 11 is 11.9. The van der Waals surface area contributed by atoms with E-state index in [9.17, 15) is 9.59 Å². The number of benzene rings is 3. The number of nitrogens with one attached hydrogen (secondary N) is 2. The number of hydrazone groups is 1. The summed E-state index contributed by atoms with van der Waals surface area (Å²) < 4.78 is 5.83. The zero-order valence-electron chi connectivity index (χ0n) is 16.6. The second-order valence-electron chi connectivity index (χ2n) is 6.54. The Balaban J connectivity index is 1.55. The predicted molar refractivity (Wildman–Crippen MR) is 123 cm³/mol. The van der Waals surface area contributed by atoms with Gasteiger partial charge in [-0.05, 0) is 47.9 Å². The Kier molecular flexibility index (Phi) is 7.65. The van der Waals surface area contributed by atoms with E-state index >= 15 is 0 Å². The average Bonchev–Trinajstić information content (AvgIpc) is 2.76. The van der Waals surface area contributed by atoms with Gasteiger partial charge in [-0.3, -0.25) is 9.59 Å². The van der Waals surface area contributed by atoms with Gasteiger partial charge in [0.05, 0.1) is 21.9 Å². The van der Waals surface area contributed by atoms with Gasteiger partial charge in [-0.2, -0.15) is 5.10 Å². The van der Waals surface area contributed by atoms with Crippen molar-refractivity contribution in [1.82, 2.24) is 5.43 Å². The standard InChI is InChI=1S/C23H19Cl2N3O3/c1-15-6-2-3-8-17(15)14-31-18-9-4-7-16(12-18)13-26-28-23(30)22(29)27-20-11-5-10-19(24)21(20)25/h2-13H,14H2,1H3,(H,27,29)(H,28,30). The molecule has 0 bridgehead atoms. The van der Waals surface area contributed by atoms with Gasteiger partial charge in [0.1, 0.15) is 12.4 Å². The van der Waals surface area contributed by atoms with Crippen LogP contribution < -0.4 is 15.5 Å². The van der Waals surface area contributed by atoms with E-state index < -0.39 is 11.8 Å². The van der Waals surface area contributed by atoms with Gasteiger partial charge in [0.15, 0.2) is 0 Å². The number of hydrogen-bond acceptors (Lipinski definition) is 4. The molecule has 3 rings (SSSR count). The minimum Gasteiger partial charge on any atom is -0.489 e. The molecule has 0 aliphatic heterocycles. The average molecular weight is 456 g/mol. The van der Waals surface area contributed by atoms with Crippen LogP contribution in [0.15, 0.2) is 71.8 Å². The van der Waals surface area contributed by atoms with Crippen LogP contribution in [0.25, 0.3) is 0 Å². The lowest BCUT2D eigenvalue weighted by atomic mass is 10.1. The quantitative estimate of drug-likeness (QED) is 0.312. The van der Waals surface area contributed by atoms with Crippen LogP contribution in [0.2, 0.25) is 10.0 Å². The summed E-state index contributed by atoms with van der Waals surface area (Å²) in [6, 6.07) is 19.9. The number of aryl methyl sites for hydroxylation is 1. The third-order valence-corrected chi connectivity index (χ3v) is 5.12. The van der Waals surface area contributed by atoms with Crippen molar-refractivity contribution in [3.63, 3.8) is 0 Å². The Labute approximate surface area is 189 Å². The van der Waals surface area contributed by atoms with Gasteiger partial charge < -0.3 is 10.1 Å². The molecule has 2 amide bonds. The zero-order valence-corrected chi connectivity index (χ0v) is 18.1. The van der Waals surface area contributed by atoms with Crippen molar-refractivity contribution in [2.24, 2.45) is 5.10 Å². The smallest absolute Gasteiger partial charge is 0.329 e. The van der Waals surface area contributed by atoms with Crippen molar-refractivity contribution in [3.05, 3.63) is 93.5 Å². The first-order chi connectivity index (χ1) is 14.9. The first kappa shape index (κ1) is 22.3. The SMILES string of the molecule is Cc1ccccc1COc1cccc(C=NNC(=O)C(=O)Nc2cccc(Cl)c2Cl)c1. The van der Waals surface area contributed by atoms with Gasteiger partial charge >= 0.3 is 11.8 Å². The van der Waals surface area contributed by atoms with Crippen LogP contribution in [0.1, 0.15) is 16.7 Å². The van der Waals surface area contributed by atoms with E-state index in [2.05, 4.69) is 15.8 Å². The summed E-state index contributed by atoms with van der Waals surface area (Å²) in [7, 11) is 0. The molecular formula is C23H19Cl2N3O3. The maximum atomic E-state index is 12.0. The van der Waals surface area contributed by atoms with E-state index in [0.29, 0.717) is 17.9 Å². The van der Waals surface area contributed by atoms with Crippen LogP contribution in [0.3, 0.4) is 0 Å². The minimum atomic E-state index is -0.945. The van der Waals surface area contributed by atoms with Gasteiger partial charge in [0.25, 0.3) is 0 Å². The highest BCUT2D eigenvalue weighted by Crippen LogP contribution is 2.29. The number of hydrogen-bond donors (Lipinski definition) is 2. The first-order valence-corrected chi connectivity index (χ1v) is 10.1. The van der Waals surface area contributed by atoms with Crippen LogP contribution in [0.4, 0.5) is 5.69 Å². The molecule has 0 fully saturated rings. The lowest BCUT2D eigenvalue weighted by Gasteiger charge is -2.09. The van der Waals surface area contributed by atoms with Crippen LogP contribution in [-0.2, 0) is 16.2 Å². The molecule has 0 radical (unpaired) electrons. The van der Waals surface area contributed by atoms with Crippen molar-refractivity contribution < 1.29 is 14.3 Å². The lowest BCUT2D eigenvalue weighted by Crippen LogP contribution is -2.32. The van der Waals surface area contributed by atoms with Crippen molar-refractivity contribution in [2.45, 2.75) is 13.5 Å². The third-order valence-electron chi connectivity index (χ3n) is 4.30. The van der Waals surface area contributed by atoms with Gasteiger partial charge in [0, 0.05) is 0 Å². The minimum absolute atomic E-state index is 0.149. The Morgan fingerprint density at radius 1 is 1.00 bits per heavy atom. The largest absolute Gasteiger partial charge is 0.489 e. The Morgan fingerprint density at radius 2 is 1.77 bits per heavy atom. The fraction of sp³-hybridized carbons (Fsp3) is 0.0870. The van der Waals surface area contributed by atoms with Gasteiger partial charge in [-0.25, -0.2) is 5.43 Å². The Morgan fingerprint density at radius 3 is 2.58 bits per heavy atom. The van der Waals surface area contributed by atoms with Crippen LogP contribution >= 0.6 is 23.2 Å². The Bertz CT molecular complexity index is 1130. The fourth-order valence-electron chi connectivity index (χ4n) is 2.61. The van der Waals surface area contributed by atoms with Crippen LogP contribution in [0.5, 0.6) is 5.75 Å². The number of nitrogens with zero attached hydrogens (tertiary/aromatic N) is 1. The van der Waals surface area contributed by atoms with E-state index in [0.717, 1.165) is 11.1 Å². The number of rotatable bonds is 6. The molecule has 0 aromatic heterocycles. The van der Waals surface area contributed by atoms with Crippen molar-refractivity contribution in [2.75, 3.05) is 5.32 Å². The monoisotopic (exact) mass is 455 g/mol. The molecule has 0 atom stereocenters. The number of carbonyl (C=O) groups is 2. The van der Waals surface area contributed by atoms with Crippen LogP contribution in [-0.4, -0.2) is 18.0 Å². The molecule has 0 heterocycles. The molecule has 158 valence electrons. The molecule has 0 spiro atoms. The zero-order chi connectivity index (χ0) is 22.2. The summed E-state index contributed by atoms with van der Waals surface area (Å²) in [4.78, 5) is 24.0. The highest BCUT2D eigenvalue weighted by atomic mass is 35.5. The normalized spacial score (nSPS) is 10.7. The molecule has 31 heavy (non-hydrogen) atoms. The molecule has 0 saturated heterocycles. The number of halogens is 2. The summed E-state index contributed by atoms with van der Waals surface area (Å²) in [5, 5.41) is 6.62. The number of anilines is 1. The summed E-state index contributed by atoms with van der Waals surface area (Å²) in [5.41, 5.74) is 5.35. The molecule has 0 saturated carbocycles. The van der Waals surface area contributed by atoms with E-state index in [1.807, 2.05) is 43.3 Å². The highest BCUT2D eigenvalue weighted by Gasteiger charge is 2.15. The van der Waals surface area contributed by atoms with Crippen LogP contribution in [0, 0.1) is 6.92 Å². The predicted octanol–water partition coefficient (Wildman–Crippen LogP) is 4.97. The van der Waals surface area contributed by atoms with E-state index in [1.165, 1.54) is 12.3 Å². The number of carbonyl (C=O) groups excluding carboxylic acids is 2. The first-order valence-electron chi connectivity index (χ1n) is 9.30. The maximum absolute atomic E-state index is 12.0. The molecule has 8 heteroatoms. The molecule has 0 aliphatic carbocycles. The van der Waals surface area contributed by atoms with Gasteiger partial charge in [0.2, 0.25) is 0 Å². The molecule has 0 unspecified atom stereocenters. The fourth-order valence-corrected chi connectivity index (χ4v) is 2.96. The summed E-state index contributed by atoms with van der Waals surface area (Å²) in [6.45, 7) is 2.47.